The van der Waals surface area contributed by atoms with Gasteiger partial charge < -0.3 is 4.90 Å². The van der Waals surface area contributed by atoms with E-state index >= 15 is 0 Å². The summed E-state index contributed by atoms with van der Waals surface area (Å²) in [5.41, 5.74) is 3.42. The van der Waals surface area contributed by atoms with E-state index in [1.165, 1.54) is 21.2 Å². The lowest BCUT2D eigenvalue weighted by Gasteiger charge is -2.29. The van der Waals surface area contributed by atoms with Crippen molar-refractivity contribution in [3.63, 3.8) is 0 Å². The van der Waals surface area contributed by atoms with E-state index in [0.29, 0.717) is 0 Å². The minimum Gasteiger partial charge on any atom is -0.311 e. The van der Waals surface area contributed by atoms with Gasteiger partial charge in [-0.1, -0.05) is 91.0 Å². The van der Waals surface area contributed by atoms with Gasteiger partial charge in [0.1, 0.15) is 28.5 Å². The fourth-order valence-electron chi connectivity index (χ4n) is 5.28. The Morgan fingerprint density at radius 1 is 0.263 bits per heavy atom. The molecule has 0 fully saturated rings. The molecule has 0 aliphatic rings. The molecule has 0 aliphatic heterocycles. The minimum atomic E-state index is -2.12. The zero-order chi connectivity index (χ0) is 25.6. The van der Waals surface area contributed by atoms with E-state index in [9.17, 15) is 0 Å². The number of benzene rings is 6. The Morgan fingerprint density at radius 3 is 0.868 bits per heavy atom. The lowest BCUT2D eigenvalue weighted by atomic mass is 10.2. The molecule has 6 aromatic rings. The fraction of sp³-hybridized carbons (Fsp3) is 0. The normalized spacial score (nSPS) is 11.2. The molecule has 182 valence electrons. The van der Waals surface area contributed by atoms with Crippen molar-refractivity contribution in [2.24, 2.45) is 0 Å². The van der Waals surface area contributed by atoms with Crippen LogP contribution in [0, 0.1) is 0 Å². The number of nitrogens with zero attached hydrogens (tertiary/aromatic N) is 1. The van der Waals surface area contributed by atoms with Crippen LogP contribution in [-0.4, -0.2) is 0 Å². The molecule has 0 aromatic heterocycles. The summed E-state index contributed by atoms with van der Waals surface area (Å²) in [6.07, 6.45) is 0. The van der Waals surface area contributed by atoms with Gasteiger partial charge in [0.05, 0.1) is 0 Å². The van der Waals surface area contributed by atoms with Gasteiger partial charge in [0, 0.05) is 17.1 Å². The number of anilines is 3. The summed E-state index contributed by atoms with van der Waals surface area (Å²) in [5.74, 6) is 0. The third kappa shape index (κ3) is 4.43. The summed E-state index contributed by atoms with van der Waals surface area (Å²) in [4.78, 5) is 2.32. The Hall–Kier alpha value is -4.45. The smallest absolute Gasteiger partial charge is 0.144 e. The number of hydrogen-bond acceptors (Lipinski definition) is 1. The second-order valence-electron chi connectivity index (χ2n) is 9.20. The van der Waals surface area contributed by atoms with E-state index in [2.05, 4.69) is 181 Å². The first-order valence-electron chi connectivity index (χ1n) is 12.9. The summed E-state index contributed by atoms with van der Waals surface area (Å²) in [7, 11) is -2.12. The van der Waals surface area contributed by atoms with Crippen molar-refractivity contribution in [1.29, 1.82) is 0 Å². The fourth-order valence-corrected chi connectivity index (χ4v) is 9.52. The van der Waals surface area contributed by atoms with Crippen LogP contribution in [0.5, 0.6) is 0 Å². The third-order valence-electron chi connectivity index (χ3n) is 6.95. The van der Waals surface area contributed by atoms with Crippen molar-refractivity contribution < 1.29 is 0 Å². The molecule has 0 heterocycles. The van der Waals surface area contributed by atoms with E-state index in [-0.39, 0.29) is 0 Å². The van der Waals surface area contributed by atoms with Crippen molar-refractivity contribution in [3.8, 4) is 0 Å². The molecule has 0 N–H and O–H groups in total. The average molecular weight is 507 g/mol. The van der Waals surface area contributed by atoms with Crippen molar-refractivity contribution in [2.75, 3.05) is 4.90 Å². The lowest BCUT2D eigenvalue weighted by molar-refractivity contribution is 1.29. The zero-order valence-electron chi connectivity index (χ0n) is 21.1. The quantitative estimate of drug-likeness (QED) is 0.200. The van der Waals surface area contributed by atoms with Gasteiger partial charge in [-0.15, -0.1) is 0 Å². The highest BCUT2D eigenvalue weighted by Gasteiger charge is 2.47. The molecular formula is C36H29NP+. The van der Waals surface area contributed by atoms with Crippen LogP contribution < -0.4 is 26.1 Å². The molecule has 0 spiro atoms. The zero-order valence-corrected chi connectivity index (χ0v) is 22.0. The molecule has 1 nitrogen and oxygen atoms in total. The van der Waals surface area contributed by atoms with E-state index in [1.54, 1.807) is 0 Å². The Labute approximate surface area is 226 Å². The molecule has 0 unspecified atom stereocenters. The van der Waals surface area contributed by atoms with Crippen LogP contribution in [0.15, 0.2) is 176 Å². The Morgan fingerprint density at radius 2 is 0.526 bits per heavy atom. The van der Waals surface area contributed by atoms with Gasteiger partial charge >= 0.3 is 0 Å². The first-order chi connectivity index (χ1) is 18.9. The van der Waals surface area contributed by atoms with Gasteiger partial charge in [-0.2, -0.15) is 0 Å². The second-order valence-corrected chi connectivity index (χ2v) is 12.6. The topological polar surface area (TPSA) is 3.24 Å². The molecule has 0 aliphatic carbocycles. The van der Waals surface area contributed by atoms with E-state index in [1.807, 2.05) is 0 Å². The molecule has 0 radical (unpaired) electrons. The third-order valence-corrected chi connectivity index (χ3v) is 11.2. The van der Waals surface area contributed by atoms with E-state index < -0.39 is 7.26 Å². The molecule has 0 amide bonds. The standard InChI is InChI=1S/C36H29NP/c1-6-16-30(17-7-1)37(31-18-8-2-9-19-31)32-26-28-36(29-27-32)38(33-20-10-3-11-21-33,34-22-12-4-13-23-34)35-24-14-5-15-25-35/h1-29H/q+1. The Kier molecular flexibility index (Phi) is 6.85. The summed E-state index contributed by atoms with van der Waals surface area (Å²) in [6.45, 7) is 0. The lowest BCUT2D eigenvalue weighted by Crippen LogP contribution is -2.38. The van der Waals surface area contributed by atoms with Crippen molar-refractivity contribution >= 4 is 45.5 Å². The van der Waals surface area contributed by atoms with Crippen LogP contribution in [0.4, 0.5) is 17.1 Å². The molecular weight excluding hydrogens is 477 g/mol. The van der Waals surface area contributed by atoms with Crippen LogP contribution in [0.3, 0.4) is 0 Å². The van der Waals surface area contributed by atoms with Crippen LogP contribution >= 0.6 is 7.26 Å². The number of hydrogen-bond donors (Lipinski definition) is 0. The Balaban J connectivity index is 1.56. The predicted molar refractivity (Wildman–Crippen MR) is 166 cm³/mol. The van der Waals surface area contributed by atoms with Gasteiger partial charge in [-0.3, -0.25) is 0 Å². The number of rotatable bonds is 7. The van der Waals surface area contributed by atoms with E-state index in [4.69, 9.17) is 0 Å². The monoisotopic (exact) mass is 506 g/mol. The highest BCUT2D eigenvalue weighted by molar-refractivity contribution is 8.01. The first-order valence-corrected chi connectivity index (χ1v) is 14.7. The summed E-state index contributed by atoms with van der Waals surface area (Å²) in [5, 5.41) is 5.40. The number of para-hydroxylation sites is 2. The van der Waals surface area contributed by atoms with Gasteiger partial charge in [0.25, 0.3) is 0 Å². The molecule has 38 heavy (non-hydrogen) atoms. The molecule has 6 aromatic carbocycles. The predicted octanol–water partition coefficient (Wildman–Crippen LogP) is 7.78. The second kappa shape index (κ2) is 10.9. The molecule has 0 atom stereocenters. The summed E-state index contributed by atoms with van der Waals surface area (Å²) >= 11 is 0. The molecule has 0 saturated carbocycles. The highest BCUT2D eigenvalue weighted by atomic mass is 31.2. The van der Waals surface area contributed by atoms with Crippen molar-refractivity contribution in [2.45, 2.75) is 0 Å². The largest absolute Gasteiger partial charge is 0.311 e. The van der Waals surface area contributed by atoms with Crippen LogP contribution in [0.1, 0.15) is 0 Å². The van der Waals surface area contributed by atoms with Crippen LogP contribution in [0.2, 0.25) is 0 Å². The summed E-state index contributed by atoms with van der Waals surface area (Å²) in [6, 6.07) is 63.5. The van der Waals surface area contributed by atoms with Crippen LogP contribution in [0.25, 0.3) is 0 Å². The minimum absolute atomic E-state index is 1.14. The van der Waals surface area contributed by atoms with Gasteiger partial charge in [0.2, 0.25) is 0 Å². The Bertz CT molecular complexity index is 1430. The maximum Gasteiger partial charge on any atom is 0.144 e. The maximum atomic E-state index is 2.34. The van der Waals surface area contributed by atoms with E-state index in [0.717, 1.165) is 17.1 Å². The maximum absolute atomic E-state index is 2.34. The molecule has 2 heteroatoms. The van der Waals surface area contributed by atoms with Crippen molar-refractivity contribution in [1.82, 2.24) is 0 Å². The van der Waals surface area contributed by atoms with Crippen LogP contribution in [-0.2, 0) is 0 Å². The first kappa shape index (κ1) is 23.9. The molecule has 0 saturated heterocycles. The van der Waals surface area contributed by atoms with Gasteiger partial charge in [-0.05, 0) is 84.9 Å². The summed E-state index contributed by atoms with van der Waals surface area (Å²) < 4.78 is 0. The van der Waals surface area contributed by atoms with Crippen molar-refractivity contribution in [3.05, 3.63) is 176 Å². The molecule has 0 bridgehead atoms. The molecule has 6 rings (SSSR count). The van der Waals surface area contributed by atoms with Gasteiger partial charge in [0.15, 0.2) is 0 Å². The average Bonchev–Trinajstić information content (AvgIpc) is 3.01. The highest BCUT2D eigenvalue weighted by Crippen LogP contribution is 2.54. The van der Waals surface area contributed by atoms with Gasteiger partial charge in [-0.25, -0.2) is 0 Å². The SMILES string of the molecule is c1ccc(N(c2ccccc2)c2ccc([P+](c3ccccc3)(c3ccccc3)c3ccccc3)cc2)cc1.